The molecule has 1 saturated carbocycles. The molecule has 0 aromatic heterocycles. The molecule has 0 saturated heterocycles. The third kappa shape index (κ3) is 4.93. The lowest BCUT2D eigenvalue weighted by Crippen LogP contribution is -2.35. The van der Waals surface area contributed by atoms with Crippen LogP contribution in [-0.4, -0.2) is 45.7 Å². The van der Waals surface area contributed by atoms with Gasteiger partial charge in [0, 0.05) is 14.2 Å². The number of nitrogens with two attached hydrogens (primary N) is 1. The molecule has 0 spiro atoms. The highest BCUT2D eigenvalue weighted by Gasteiger charge is 2.22. The summed E-state index contributed by atoms with van der Waals surface area (Å²) < 4.78 is 16.0. The SMILES string of the molecule is COCC(N)COC1CCCC(OC)C1. The summed E-state index contributed by atoms with van der Waals surface area (Å²) in [4.78, 5) is 0. The molecule has 4 nitrogen and oxygen atoms in total. The van der Waals surface area contributed by atoms with E-state index in [2.05, 4.69) is 0 Å². The highest BCUT2D eigenvalue weighted by atomic mass is 16.5. The van der Waals surface area contributed by atoms with E-state index < -0.39 is 0 Å². The molecule has 90 valence electrons. The Bertz CT molecular complexity index is 166. The molecule has 0 radical (unpaired) electrons. The molecule has 4 heteroatoms. The van der Waals surface area contributed by atoms with Gasteiger partial charge < -0.3 is 19.9 Å². The fourth-order valence-electron chi connectivity index (χ4n) is 1.99. The summed E-state index contributed by atoms with van der Waals surface area (Å²) >= 11 is 0. The smallest absolute Gasteiger partial charge is 0.0643 e. The van der Waals surface area contributed by atoms with Crippen molar-refractivity contribution in [3.8, 4) is 0 Å². The maximum Gasteiger partial charge on any atom is 0.0643 e. The highest BCUT2D eigenvalue weighted by molar-refractivity contribution is 4.74. The maximum absolute atomic E-state index is 5.79. The predicted molar refractivity (Wildman–Crippen MR) is 58.9 cm³/mol. The first-order valence-electron chi connectivity index (χ1n) is 5.65. The molecule has 0 aliphatic heterocycles. The van der Waals surface area contributed by atoms with Crippen molar-refractivity contribution in [1.29, 1.82) is 0 Å². The molecule has 1 fully saturated rings. The van der Waals surface area contributed by atoms with Gasteiger partial charge in [-0.3, -0.25) is 0 Å². The molecular weight excluding hydrogens is 194 g/mol. The highest BCUT2D eigenvalue weighted by Crippen LogP contribution is 2.22. The monoisotopic (exact) mass is 217 g/mol. The summed E-state index contributed by atoms with van der Waals surface area (Å²) in [5.41, 5.74) is 5.79. The van der Waals surface area contributed by atoms with E-state index in [1.165, 1.54) is 6.42 Å². The minimum absolute atomic E-state index is 0.0158. The van der Waals surface area contributed by atoms with Crippen LogP contribution in [0.4, 0.5) is 0 Å². The maximum atomic E-state index is 5.79. The fourth-order valence-corrected chi connectivity index (χ4v) is 1.99. The molecule has 1 aliphatic rings. The van der Waals surface area contributed by atoms with Gasteiger partial charge in [0.1, 0.15) is 0 Å². The third-order valence-electron chi connectivity index (χ3n) is 2.84. The minimum Gasteiger partial charge on any atom is -0.383 e. The van der Waals surface area contributed by atoms with Crippen LogP contribution < -0.4 is 5.73 Å². The zero-order valence-corrected chi connectivity index (χ0v) is 9.78. The van der Waals surface area contributed by atoms with E-state index in [1.54, 1.807) is 14.2 Å². The summed E-state index contributed by atoms with van der Waals surface area (Å²) in [7, 11) is 3.42. The second-order valence-corrected chi connectivity index (χ2v) is 4.20. The van der Waals surface area contributed by atoms with Gasteiger partial charge in [0.15, 0.2) is 0 Å². The average Bonchev–Trinajstić information content (AvgIpc) is 2.27. The van der Waals surface area contributed by atoms with Gasteiger partial charge in [-0.15, -0.1) is 0 Å². The fraction of sp³-hybridized carbons (Fsp3) is 1.00. The van der Waals surface area contributed by atoms with E-state index in [4.69, 9.17) is 19.9 Å². The van der Waals surface area contributed by atoms with E-state index in [9.17, 15) is 0 Å². The van der Waals surface area contributed by atoms with Crippen molar-refractivity contribution in [2.45, 2.75) is 43.9 Å². The summed E-state index contributed by atoms with van der Waals surface area (Å²) in [5.74, 6) is 0. The lowest BCUT2D eigenvalue weighted by Gasteiger charge is -2.28. The van der Waals surface area contributed by atoms with Gasteiger partial charge in [-0.25, -0.2) is 0 Å². The van der Waals surface area contributed by atoms with Crippen LogP contribution in [0.1, 0.15) is 25.7 Å². The van der Waals surface area contributed by atoms with Crippen molar-refractivity contribution in [2.75, 3.05) is 27.4 Å². The van der Waals surface area contributed by atoms with Crippen molar-refractivity contribution >= 4 is 0 Å². The van der Waals surface area contributed by atoms with Crippen molar-refractivity contribution < 1.29 is 14.2 Å². The third-order valence-corrected chi connectivity index (χ3v) is 2.84. The average molecular weight is 217 g/mol. The van der Waals surface area contributed by atoms with Gasteiger partial charge >= 0.3 is 0 Å². The lowest BCUT2D eigenvalue weighted by atomic mass is 9.95. The van der Waals surface area contributed by atoms with Gasteiger partial charge in [-0.1, -0.05) is 0 Å². The molecular formula is C11H23NO3. The summed E-state index contributed by atoms with van der Waals surface area (Å²) in [6.07, 6.45) is 5.13. The first-order valence-corrected chi connectivity index (χ1v) is 5.65. The summed E-state index contributed by atoms with van der Waals surface area (Å²) in [6, 6.07) is -0.0158. The van der Waals surface area contributed by atoms with Crippen molar-refractivity contribution in [2.24, 2.45) is 5.73 Å². The predicted octanol–water partition coefficient (Wildman–Crippen LogP) is 0.934. The molecule has 2 N–H and O–H groups in total. The second kappa shape index (κ2) is 7.17. The number of methoxy groups -OCH3 is 2. The molecule has 1 aliphatic carbocycles. The number of rotatable bonds is 6. The van der Waals surface area contributed by atoms with Crippen LogP contribution in [-0.2, 0) is 14.2 Å². The zero-order chi connectivity index (χ0) is 11.1. The van der Waals surface area contributed by atoms with Crippen LogP contribution in [0.2, 0.25) is 0 Å². The standard InChI is InChI=1S/C11H23NO3/c1-13-7-9(12)8-15-11-5-3-4-10(6-11)14-2/h9-11H,3-8,12H2,1-2H3. The van der Waals surface area contributed by atoms with Crippen LogP contribution in [0.15, 0.2) is 0 Å². The Morgan fingerprint density at radius 1 is 1.20 bits per heavy atom. The molecule has 3 unspecified atom stereocenters. The molecule has 0 heterocycles. The molecule has 0 aromatic rings. The van der Waals surface area contributed by atoms with Gasteiger partial charge in [-0.2, -0.15) is 0 Å². The van der Waals surface area contributed by atoms with E-state index in [1.807, 2.05) is 0 Å². The lowest BCUT2D eigenvalue weighted by molar-refractivity contribution is -0.0374. The van der Waals surface area contributed by atoms with Crippen molar-refractivity contribution in [1.82, 2.24) is 0 Å². The van der Waals surface area contributed by atoms with Gasteiger partial charge in [0.05, 0.1) is 31.5 Å². The van der Waals surface area contributed by atoms with Crippen LogP contribution >= 0.6 is 0 Å². The Balaban J connectivity index is 2.14. The van der Waals surface area contributed by atoms with Crippen LogP contribution in [0, 0.1) is 0 Å². The normalized spacial score (nSPS) is 29.0. The molecule has 15 heavy (non-hydrogen) atoms. The van der Waals surface area contributed by atoms with Crippen LogP contribution in [0.3, 0.4) is 0 Å². The zero-order valence-electron chi connectivity index (χ0n) is 9.78. The Morgan fingerprint density at radius 3 is 2.60 bits per heavy atom. The number of ether oxygens (including phenoxy) is 3. The van der Waals surface area contributed by atoms with E-state index >= 15 is 0 Å². The van der Waals surface area contributed by atoms with Gasteiger partial charge in [0.2, 0.25) is 0 Å². The quantitative estimate of drug-likeness (QED) is 0.719. The van der Waals surface area contributed by atoms with E-state index in [0.717, 1.165) is 19.3 Å². The Morgan fingerprint density at radius 2 is 1.93 bits per heavy atom. The molecule has 0 aromatic carbocycles. The Hall–Kier alpha value is -0.160. The number of hydrogen-bond acceptors (Lipinski definition) is 4. The molecule has 0 amide bonds. The van der Waals surface area contributed by atoms with Crippen LogP contribution in [0.5, 0.6) is 0 Å². The minimum atomic E-state index is -0.0158. The molecule has 1 rings (SSSR count). The summed E-state index contributed by atoms with van der Waals surface area (Å²) in [5, 5.41) is 0. The van der Waals surface area contributed by atoms with Crippen molar-refractivity contribution in [3.05, 3.63) is 0 Å². The number of hydrogen-bond donors (Lipinski definition) is 1. The van der Waals surface area contributed by atoms with Gasteiger partial charge in [-0.05, 0) is 25.7 Å². The Kier molecular flexibility index (Phi) is 6.17. The Labute approximate surface area is 92.1 Å². The molecule has 0 bridgehead atoms. The summed E-state index contributed by atoms with van der Waals surface area (Å²) in [6.45, 7) is 1.13. The van der Waals surface area contributed by atoms with Crippen molar-refractivity contribution in [3.63, 3.8) is 0 Å². The first kappa shape index (κ1) is 12.9. The van der Waals surface area contributed by atoms with Gasteiger partial charge in [0.25, 0.3) is 0 Å². The first-order chi connectivity index (χ1) is 7.26. The van der Waals surface area contributed by atoms with E-state index in [-0.39, 0.29) is 6.04 Å². The second-order valence-electron chi connectivity index (χ2n) is 4.20. The topological polar surface area (TPSA) is 53.7 Å². The molecule has 3 atom stereocenters. The van der Waals surface area contributed by atoms with E-state index in [0.29, 0.717) is 25.4 Å². The largest absolute Gasteiger partial charge is 0.383 e. The van der Waals surface area contributed by atoms with Crippen LogP contribution in [0.25, 0.3) is 0 Å².